The van der Waals surface area contributed by atoms with Crippen LogP contribution >= 0.6 is 11.6 Å². The topological polar surface area (TPSA) is 85.1 Å². The minimum Gasteiger partial charge on any atom is -0.364 e. The van der Waals surface area contributed by atoms with E-state index in [1.165, 1.54) is 6.08 Å². The third kappa shape index (κ3) is 3.36. The number of nitrogens with one attached hydrogen (secondary N) is 1. The van der Waals surface area contributed by atoms with Gasteiger partial charge in [-0.15, -0.1) is 0 Å². The number of aromatic nitrogens is 1. The van der Waals surface area contributed by atoms with Gasteiger partial charge in [-0.05, 0) is 36.4 Å². The zero-order valence-corrected chi connectivity index (χ0v) is 13.9. The Morgan fingerprint density at radius 2 is 1.92 bits per heavy atom. The number of pyridine rings is 1. The van der Waals surface area contributed by atoms with E-state index >= 15 is 0 Å². The smallest absolute Gasteiger partial charge is 0.267 e. The Kier molecular flexibility index (Phi) is 4.50. The molecule has 3 aromatic rings. The highest BCUT2D eigenvalue weighted by molar-refractivity contribution is 6.36. The predicted molar refractivity (Wildman–Crippen MR) is 99.5 cm³/mol. The quantitative estimate of drug-likeness (QED) is 0.701. The standard InChI is InChI=1S/C19H14ClN3O2/c1-2-18(24)23-16-9-8-14(20)12-7-6-11(10-13(12)16)15-4-3-5-17(22-15)19(21)25/h2-10H,1H2,(H2,21,25)(H,23,24). The lowest BCUT2D eigenvalue weighted by molar-refractivity contribution is -0.111. The van der Waals surface area contributed by atoms with Crippen LogP contribution < -0.4 is 11.1 Å². The number of halogens is 1. The molecule has 0 radical (unpaired) electrons. The van der Waals surface area contributed by atoms with Crippen molar-refractivity contribution in [2.24, 2.45) is 5.73 Å². The van der Waals surface area contributed by atoms with Gasteiger partial charge in [-0.1, -0.05) is 36.4 Å². The largest absolute Gasteiger partial charge is 0.364 e. The zero-order valence-electron chi connectivity index (χ0n) is 13.1. The molecule has 0 saturated carbocycles. The van der Waals surface area contributed by atoms with E-state index in [4.69, 9.17) is 17.3 Å². The van der Waals surface area contributed by atoms with Crippen molar-refractivity contribution in [2.45, 2.75) is 0 Å². The minimum atomic E-state index is -0.593. The molecule has 0 fully saturated rings. The zero-order chi connectivity index (χ0) is 18.0. The SMILES string of the molecule is C=CC(=O)Nc1ccc(Cl)c2ccc(-c3cccc(C(N)=O)n3)cc12. The van der Waals surface area contributed by atoms with Crippen molar-refractivity contribution >= 4 is 39.9 Å². The maximum absolute atomic E-state index is 11.7. The summed E-state index contributed by atoms with van der Waals surface area (Å²) in [5, 5.41) is 4.87. The number of primary amides is 1. The molecule has 3 N–H and O–H groups in total. The maximum Gasteiger partial charge on any atom is 0.267 e. The van der Waals surface area contributed by atoms with E-state index in [0.717, 1.165) is 16.3 Å². The Morgan fingerprint density at radius 1 is 1.12 bits per heavy atom. The van der Waals surface area contributed by atoms with E-state index in [1.807, 2.05) is 18.2 Å². The van der Waals surface area contributed by atoms with Crippen LogP contribution in [0, 0.1) is 0 Å². The van der Waals surface area contributed by atoms with Crippen molar-refractivity contribution in [1.82, 2.24) is 4.98 Å². The highest BCUT2D eigenvalue weighted by Crippen LogP contribution is 2.33. The highest BCUT2D eigenvalue weighted by Gasteiger charge is 2.10. The van der Waals surface area contributed by atoms with Gasteiger partial charge in [0.05, 0.1) is 5.69 Å². The molecule has 0 aliphatic heterocycles. The summed E-state index contributed by atoms with van der Waals surface area (Å²) < 4.78 is 0. The molecule has 0 aliphatic rings. The molecule has 25 heavy (non-hydrogen) atoms. The number of fused-ring (bicyclic) bond motifs is 1. The molecule has 6 heteroatoms. The first-order chi connectivity index (χ1) is 12.0. The van der Waals surface area contributed by atoms with Gasteiger partial charge in [-0.3, -0.25) is 9.59 Å². The highest BCUT2D eigenvalue weighted by atomic mass is 35.5. The molecule has 3 rings (SSSR count). The van der Waals surface area contributed by atoms with Gasteiger partial charge in [0.2, 0.25) is 5.91 Å². The van der Waals surface area contributed by atoms with Gasteiger partial charge in [-0.2, -0.15) is 0 Å². The Bertz CT molecular complexity index is 1010. The lowest BCUT2D eigenvalue weighted by Crippen LogP contribution is -2.13. The molecule has 2 aromatic carbocycles. The minimum absolute atomic E-state index is 0.184. The van der Waals surface area contributed by atoms with E-state index in [1.54, 1.807) is 30.3 Å². The molecular formula is C19H14ClN3O2. The molecule has 2 amide bonds. The first kappa shape index (κ1) is 16.7. The van der Waals surface area contributed by atoms with E-state index in [0.29, 0.717) is 16.4 Å². The number of nitrogens with two attached hydrogens (primary N) is 1. The van der Waals surface area contributed by atoms with E-state index in [-0.39, 0.29) is 11.6 Å². The second-order valence-corrected chi connectivity index (χ2v) is 5.73. The van der Waals surface area contributed by atoms with Crippen LogP contribution in [0.5, 0.6) is 0 Å². The van der Waals surface area contributed by atoms with Crippen molar-refractivity contribution in [3.05, 3.63) is 71.9 Å². The molecular weight excluding hydrogens is 338 g/mol. The summed E-state index contributed by atoms with van der Waals surface area (Å²) >= 11 is 6.25. The van der Waals surface area contributed by atoms with Crippen molar-refractivity contribution in [1.29, 1.82) is 0 Å². The molecule has 0 atom stereocenters. The summed E-state index contributed by atoms with van der Waals surface area (Å²) in [4.78, 5) is 27.3. The predicted octanol–water partition coefficient (Wildman–Crippen LogP) is 3.78. The average Bonchev–Trinajstić information content (AvgIpc) is 2.63. The lowest BCUT2D eigenvalue weighted by atomic mass is 10.0. The summed E-state index contributed by atoms with van der Waals surface area (Å²) in [7, 11) is 0. The summed E-state index contributed by atoms with van der Waals surface area (Å²) in [6.07, 6.45) is 1.20. The summed E-state index contributed by atoms with van der Waals surface area (Å²) in [5.74, 6) is -0.910. The van der Waals surface area contributed by atoms with Crippen LogP contribution in [0.3, 0.4) is 0 Å². The molecule has 5 nitrogen and oxygen atoms in total. The van der Waals surface area contributed by atoms with Gasteiger partial charge in [0.25, 0.3) is 5.91 Å². The van der Waals surface area contributed by atoms with Crippen LogP contribution in [0.2, 0.25) is 5.02 Å². The first-order valence-corrected chi connectivity index (χ1v) is 7.80. The van der Waals surface area contributed by atoms with Crippen LogP contribution in [0.1, 0.15) is 10.5 Å². The Hall–Kier alpha value is -3.18. The molecule has 0 saturated heterocycles. The van der Waals surface area contributed by atoms with Crippen molar-refractivity contribution in [3.63, 3.8) is 0 Å². The van der Waals surface area contributed by atoms with Crippen LogP contribution in [0.15, 0.2) is 61.2 Å². The number of amides is 2. The summed E-state index contributed by atoms with van der Waals surface area (Å²) in [5.41, 5.74) is 7.45. The molecule has 0 unspecified atom stereocenters. The third-order valence-electron chi connectivity index (χ3n) is 3.70. The third-order valence-corrected chi connectivity index (χ3v) is 4.03. The number of benzene rings is 2. The van der Waals surface area contributed by atoms with Crippen LogP contribution in [-0.4, -0.2) is 16.8 Å². The van der Waals surface area contributed by atoms with Gasteiger partial charge in [-0.25, -0.2) is 4.98 Å². The molecule has 124 valence electrons. The van der Waals surface area contributed by atoms with E-state index in [2.05, 4.69) is 16.9 Å². The van der Waals surface area contributed by atoms with Gasteiger partial charge in [0.1, 0.15) is 5.69 Å². The van der Waals surface area contributed by atoms with Crippen molar-refractivity contribution in [2.75, 3.05) is 5.32 Å². The van der Waals surface area contributed by atoms with E-state index < -0.39 is 5.91 Å². The number of hydrogen-bond acceptors (Lipinski definition) is 3. The fourth-order valence-corrected chi connectivity index (χ4v) is 2.72. The fraction of sp³-hybridized carbons (Fsp3) is 0. The number of nitrogens with zero attached hydrogens (tertiary/aromatic N) is 1. The van der Waals surface area contributed by atoms with Gasteiger partial charge >= 0.3 is 0 Å². The van der Waals surface area contributed by atoms with Gasteiger partial charge in [0, 0.05) is 27.0 Å². The first-order valence-electron chi connectivity index (χ1n) is 7.42. The number of carbonyl (C=O) groups excluding carboxylic acids is 2. The normalized spacial score (nSPS) is 10.4. The Labute approximate surface area is 149 Å². The number of carbonyl (C=O) groups is 2. The molecule has 0 bridgehead atoms. The Balaban J connectivity index is 2.17. The van der Waals surface area contributed by atoms with Gasteiger partial charge < -0.3 is 11.1 Å². The molecule has 0 spiro atoms. The van der Waals surface area contributed by atoms with Crippen LogP contribution in [0.25, 0.3) is 22.0 Å². The van der Waals surface area contributed by atoms with Crippen molar-refractivity contribution in [3.8, 4) is 11.3 Å². The molecule has 1 heterocycles. The number of rotatable bonds is 4. The second kappa shape index (κ2) is 6.75. The van der Waals surface area contributed by atoms with Crippen LogP contribution in [0.4, 0.5) is 5.69 Å². The van der Waals surface area contributed by atoms with Crippen molar-refractivity contribution < 1.29 is 9.59 Å². The average molecular weight is 352 g/mol. The fourth-order valence-electron chi connectivity index (χ4n) is 2.50. The number of anilines is 1. The lowest BCUT2D eigenvalue weighted by Gasteiger charge is -2.11. The number of hydrogen-bond donors (Lipinski definition) is 2. The molecule has 0 aliphatic carbocycles. The van der Waals surface area contributed by atoms with Gasteiger partial charge in [0.15, 0.2) is 0 Å². The summed E-state index contributed by atoms with van der Waals surface area (Å²) in [6, 6.07) is 14.0. The molecule has 1 aromatic heterocycles. The second-order valence-electron chi connectivity index (χ2n) is 5.32. The van der Waals surface area contributed by atoms with Crippen LogP contribution in [-0.2, 0) is 4.79 Å². The maximum atomic E-state index is 11.7. The summed E-state index contributed by atoms with van der Waals surface area (Å²) in [6.45, 7) is 3.45. The Morgan fingerprint density at radius 3 is 2.64 bits per heavy atom. The monoisotopic (exact) mass is 351 g/mol. The van der Waals surface area contributed by atoms with E-state index in [9.17, 15) is 9.59 Å².